The van der Waals surface area contributed by atoms with Crippen molar-refractivity contribution in [2.24, 2.45) is 0 Å². The van der Waals surface area contributed by atoms with E-state index < -0.39 is 0 Å². The first-order chi connectivity index (χ1) is 25.3. The molecule has 0 spiro atoms. The van der Waals surface area contributed by atoms with Crippen molar-refractivity contribution in [1.29, 1.82) is 0 Å². The monoisotopic (exact) mass is 658 g/mol. The summed E-state index contributed by atoms with van der Waals surface area (Å²) in [5, 5.41) is 22.1. The molecule has 0 fully saturated rings. The summed E-state index contributed by atoms with van der Waals surface area (Å²) >= 11 is 0. The molecule has 11 aromatic carbocycles. The lowest BCUT2D eigenvalue weighted by atomic mass is 9.80. The summed E-state index contributed by atoms with van der Waals surface area (Å²) in [4.78, 5) is 0. The molecular weight excluding hydrogens is 625 g/mol. The molecule has 0 aromatic heterocycles. The molecule has 0 nitrogen and oxygen atoms in total. The van der Waals surface area contributed by atoms with Crippen molar-refractivity contribution in [2.45, 2.75) is 38.5 Å². The van der Waals surface area contributed by atoms with Crippen LogP contribution in [0.5, 0.6) is 0 Å². The van der Waals surface area contributed by atoms with Crippen LogP contribution in [0.4, 0.5) is 0 Å². The molecule has 13 rings (SSSR count). The number of hydrogen-bond acceptors (Lipinski definition) is 0. The number of benzene rings is 9. The largest absolute Gasteiger partial charge is 0.0619 e. The van der Waals surface area contributed by atoms with Crippen molar-refractivity contribution in [2.75, 3.05) is 0 Å². The highest BCUT2D eigenvalue weighted by Crippen LogP contribution is 2.62. The molecule has 0 heterocycles. The van der Waals surface area contributed by atoms with Gasteiger partial charge in [0.1, 0.15) is 0 Å². The zero-order chi connectivity index (χ0) is 34.4. The highest BCUT2D eigenvalue weighted by Gasteiger charge is 2.41. The summed E-state index contributed by atoms with van der Waals surface area (Å²) in [6, 6.07) is 51.5. The SMILES string of the molecule is CC1(C)c2ccccc2-c2c1cc1c3c4cc5ccccc5cc4c4c5c(cc(c6c7cc8ccccc8cc7c2c16)c43)C(C)(C)c1ccccc1-5. The molecule has 0 atom stereocenters. The average molecular weight is 659 g/mol. The molecule has 0 saturated carbocycles. The van der Waals surface area contributed by atoms with Gasteiger partial charge in [0.25, 0.3) is 0 Å². The third kappa shape index (κ3) is 2.96. The second-order valence-corrected chi connectivity index (χ2v) is 16.8. The van der Waals surface area contributed by atoms with Gasteiger partial charge in [-0.15, -0.1) is 0 Å². The third-order valence-corrected chi connectivity index (χ3v) is 13.6. The fourth-order valence-corrected chi connectivity index (χ4v) is 11.3. The Bertz CT molecular complexity index is 3210. The van der Waals surface area contributed by atoms with Gasteiger partial charge in [-0.25, -0.2) is 0 Å². The zero-order valence-corrected chi connectivity index (χ0v) is 29.7. The van der Waals surface area contributed by atoms with E-state index in [4.69, 9.17) is 0 Å². The molecule has 52 heavy (non-hydrogen) atoms. The summed E-state index contributed by atoms with van der Waals surface area (Å²) in [7, 11) is 0. The molecule has 0 unspecified atom stereocenters. The fraction of sp³-hybridized carbons (Fsp3) is 0.115. The fourth-order valence-electron chi connectivity index (χ4n) is 11.3. The van der Waals surface area contributed by atoms with Crippen LogP contribution in [-0.4, -0.2) is 0 Å². The van der Waals surface area contributed by atoms with Gasteiger partial charge in [0.15, 0.2) is 0 Å². The molecule has 242 valence electrons. The van der Waals surface area contributed by atoms with Gasteiger partial charge in [0, 0.05) is 10.8 Å². The van der Waals surface area contributed by atoms with E-state index in [-0.39, 0.29) is 10.8 Å². The quantitative estimate of drug-likeness (QED) is 0.142. The first-order valence-electron chi connectivity index (χ1n) is 18.8. The van der Waals surface area contributed by atoms with Crippen LogP contribution in [0.25, 0.3) is 108 Å². The Morgan fingerprint density at radius 3 is 1.00 bits per heavy atom. The van der Waals surface area contributed by atoms with Crippen molar-refractivity contribution < 1.29 is 0 Å². The topological polar surface area (TPSA) is 0 Å². The molecule has 0 amide bonds. The van der Waals surface area contributed by atoms with E-state index >= 15 is 0 Å². The van der Waals surface area contributed by atoms with Crippen LogP contribution in [0.1, 0.15) is 49.9 Å². The van der Waals surface area contributed by atoms with E-state index in [0.717, 1.165) is 0 Å². The van der Waals surface area contributed by atoms with Crippen LogP contribution < -0.4 is 0 Å². The van der Waals surface area contributed by atoms with Crippen molar-refractivity contribution in [3.05, 3.63) is 156 Å². The van der Waals surface area contributed by atoms with Crippen LogP contribution >= 0.6 is 0 Å². The van der Waals surface area contributed by atoms with Crippen LogP contribution in [0.3, 0.4) is 0 Å². The predicted octanol–water partition coefficient (Wildman–Crippen LogP) is 14.4. The maximum atomic E-state index is 2.62. The summed E-state index contributed by atoms with van der Waals surface area (Å²) in [5.74, 6) is 0. The summed E-state index contributed by atoms with van der Waals surface area (Å²) in [6.07, 6.45) is 0. The van der Waals surface area contributed by atoms with Gasteiger partial charge in [-0.05, 0) is 167 Å². The third-order valence-electron chi connectivity index (χ3n) is 13.6. The van der Waals surface area contributed by atoms with Crippen molar-refractivity contribution in [3.63, 3.8) is 0 Å². The Morgan fingerprint density at radius 1 is 0.288 bits per heavy atom. The minimum absolute atomic E-state index is 0.118. The van der Waals surface area contributed by atoms with E-state index in [2.05, 4.69) is 161 Å². The minimum Gasteiger partial charge on any atom is -0.0619 e. The summed E-state index contributed by atoms with van der Waals surface area (Å²) in [6.45, 7) is 9.75. The average Bonchev–Trinajstić information content (AvgIpc) is 3.81. The van der Waals surface area contributed by atoms with Gasteiger partial charge in [-0.2, -0.15) is 0 Å². The van der Waals surface area contributed by atoms with E-state index in [1.807, 2.05) is 0 Å². The first-order valence-corrected chi connectivity index (χ1v) is 18.8. The second-order valence-electron chi connectivity index (χ2n) is 16.8. The molecule has 2 aliphatic carbocycles. The van der Waals surface area contributed by atoms with E-state index in [1.165, 1.54) is 131 Å². The van der Waals surface area contributed by atoms with Gasteiger partial charge in [-0.3, -0.25) is 0 Å². The molecule has 0 radical (unpaired) electrons. The van der Waals surface area contributed by atoms with Gasteiger partial charge >= 0.3 is 0 Å². The van der Waals surface area contributed by atoms with E-state index in [0.29, 0.717) is 0 Å². The second kappa shape index (κ2) is 8.72. The Labute approximate surface area is 301 Å². The van der Waals surface area contributed by atoms with Gasteiger partial charge in [0.2, 0.25) is 0 Å². The van der Waals surface area contributed by atoms with Gasteiger partial charge in [-0.1, -0.05) is 125 Å². The zero-order valence-electron chi connectivity index (χ0n) is 29.7. The minimum atomic E-state index is -0.118. The van der Waals surface area contributed by atoms with Crippen LogP contribution in [0, 0.1) is 0 Å². The van der Waals surface area contributed by atoms with Gasteiger partial charge in [0.05, 0.1) is 0 Å². The molecule has 2 aliphatic rings. The number of fused-ring (bicyclic) bond motifs is 18. The van der Waals surface area contributed by atoms with Crippen molar-refractivity contribution >= 4 is 86.2 Å². The Balaban J connectivity index is 1.40. The normalized spacial score (nSPS) is 15.6. The molecule has 0 bridgehead atoms. The molecular formula is C52H34. The maximum Gasteiger partial charge on any atom is 0.0159 e. The first kappa shape index (κ1) is 27.7. The Morgan fingerprint density at radius 2 is 0.615 bits per heavy atom. The smallest absolute Gasteiger partial charge is 0.0159 e. The molecule has 11 aromatic rings. The van der Waals surface area contributed by atoms with E-state index in [1.54, 1.807) is 0 Å². The van der Waals surface area contributed by atoms with E-state index in [9.17, 15) is 0 Å². The Kier molecular flexibility index (Phi) is 4.65. The Hall–Kier alpha value is -5.98. The predicted molar refractivity (Wildman–Crippen MR) is 224 cm³/mol. The standard InChI is InChI=1S/C52H34/c1-51(2)39-19-11-9-17-31(39)45-41(51)25-37-43-34-22-28-14-6-8-16-30(28)24-36(34)48-46-32-18-10-12-20-40(32)52(3,4)42(46)26-38(50(43)48)44-33-21-27-13-5-7-15-29(27)23-35(33)47(45)49(37)44/h5-26H,1-4H3. The lowest BCUT2D eigenvalue weighted by Crippen LogP contribution is -2.15. The lowest BCUT2D eigenvalue weighted by Gasteiger charge is -2.23. The lowest BCUT2D eigenvalue weighted by molar-refractivity contribution is 0.661. The summed E-state index contributed by atoms with van der Waals surface area (Å²) in [5.41, 5.74) is 11.2. The van der Waals surface area contributed by atoms with Crippen LogP contribution in [-0.2, 0) is 10.8 Å². The molecule has 0 heteroatoms. The van der Waals surface area contributed by atoms with Crippen molar-refractivity contribution in [3.8, 4) is 22.3 Å². The van der Waals surface area contributed by atoms with Crippen LogP contribution in [0.15, 0.2) is 133 Å². The molecule has 0 N–H and O–H groups in total. The highest BCUT2D eigenvalue weighted by molar-refractivity contribution is 6.51. The van der Waals surface area contributed by atoms with Crippen molar-refractivity contribution in [1.82, 2.24) is 0 Å². The highest BCUT2D eigenvalue weighted by atomic mass is 14.4. The molecule has 0 aliphatic heterocycles. The van der Waals surface area contributed by atoms with Crippen LogP contribution in [0.2, 0.25) is 0 Å². The number of rotatable bonds is 0. The summed E-state index contributed by atoms with van der Waals surface area (Å²) < 4.78 is 0. The molecule has 0 saturated heterocycles. The van der Waals surface area contributed by atoms with Gasteiger partial charge < -0.3 is 0 Å². The number of hydrogen-bond donors (Lipinski definition) is 0. The maximum absolute atomic E-state index is 2.62.